The second-order valence-electron chi connectivity index (χ2n) is 2.97. The summed E-state index contributed by atoms with van der Waals surface area (Å²) in [5.74, 6) is 1.33. The van der Waals surface area contributed by atoms with Crippen molar-refractivity contribution in [2.24, 2.45) is 0 Å². The molecule has 0 saturated carbocycles. The van der Waals surface area contributed by atoms with Gasteiger partial charge in [0.25, 0.3) is 0 Å². The Morgan fingerprint density at radius 1 is 1.53 bits per heavy atom. The Morgan fingerprint density at radius 2 is 2.33 bits per heavy atom. The van der Waals surface area contributed by atoms with E-state index in [0.717, 1.165) is 4.47 Å². The van der Waals surface area contributed by atoms with Crippen LogP contribution in [0, 0.1) is 0 Å². The summed E-state index contributed by atoms with van der Waals surface area (Å²) in [5.41, 5.74) is -0.350. The first-order valence-electron chi connectivity index (χ1n) is 4.50. The Kier molecular flexibility index (Phi) is 2.68. The summed E-state index contributed by atoms with van der Waals surface area (Å²) in [7, 11) is 0. The van der Waals surface area contributed by atoms with Gasteiger partial charge in [-0.1, -0.05) is 6.92 Å². The monoisotopic (exact) mass is 268 g/mol. The number of halogens is 1. The second-order valence-corrected chi connectivity index (χ2v) is 3.88. The molecule has 6 heteroatoms. The number of H-pyrrole nitrogens is 1. The Hall–Kier alpha value is -1.43. The number of rotatable bonds is 2. The van der Waals surface area contributed by atoms with Crippen LogP contribution in [0.5, 0.6) is 0 Å². The number of hydrogen-bond donors (Lipinski definition) is 1. The lowest BCUT2D eigenvalue weighted by Crippen LogP contribution is -2.06. The number of nitrogens with zero attached hydrogens (tertiary/aromatic N) is 3. The van der Waals surface area contributed by atoms with Gasteiger partial charge in [0.2, 0.25) is 0 Å². The highest BCUT2D eigenvalue weighted by Crippen LogP contribution is 2.10. The van der Waals surface area contributed by atoms with E-state index >= 15 is 0 Å². The highest BCUT2D eigenvalue weighted by atomic mass is 79.9. The van der Waals surface area contributed by atoms with Crippen LogP contribution in [0.4, 0.5) is 0 Å². The lowest BCUT2D eigenvalue weighted by Gasteiger charge is -2.03. The molecular weight excluding hydrogens is 260 g/mol. The van der Waals surface area contributed by atoms with Crippen molar-refractivity contribution in [2.75, 3.05) is 0 Å². The zero-order chi connectivity index (χ0) is 10.8. The number of aromatic nitrogens is 4. The van der Waals surface area contributed by atoms with Crippen molar-refractivity contribution in [2.45, 2.75) is 13.3 Å². The fourth-order valence-corrected chi connectivity index (χ4v) is 1.51. The minimum Gasteiger partial charge on any atom is -0.244 e. The molecular formula is C9H9BrN4O. The highest BCUT2D eigenvalue weighted by Gasteiger charge is 2.06. The summed E-state index contributed by atoms with van der Waals surface area (Å²) >= 11 is 3.30. The van der Waals surface area contributed by atoms with Crippen LogP contribution in [0.3, 0.4) is 0 Å². The first-order chi connectivity index (χ1) is 7.20. The van der Waals surface area contributed by atoms with Crippen molar-refractivity contribution < 1.29 is 0 Å². The minimum absolute atomic E-state index is 0.350. The van der Waals surface area contributed by atoms with Crippen LogP contribution in [0.1, 0.15) is 12.7 Å². The van der Waals surface area contributed by atoms with E-state index in [1.54, 1.807) is 16.9 Å². The molecule has 0 atom stereocenters. The first-order valence-corrected chi connectivity index (χ1v) is 5.30. The zero-order valence-corrected chi connectivity index (χ0v) is 9.65. The molecule has 0 amide bonds. The predicted octanol–water partition coefficient (Wildman–Crippen LogP) is 1.28. The highest BCUT2D eigenvalue weighted by molar-refractivity contribution is 9.10. The topological polar surface area (TPSA) is 63.6 Å². The number of hydrogen-bond acceptors (Lipinski definition) is 3. The Labute approximate surface area is 94.3 Å². The molecule has 0 bridgehead atoms. The summed E-state index contributed by atoms with van der Waals surface area (Å²) in [6, 6.07) is 3.67. The lowest BCUT2D eigenvalue weighted by atomic mass is 10.4. The van der Waals surface area contributed by atoms with Crippen molar-refractivity contribution >= 4 is 15.9 Å². The van der Waals surface area contributed by atoms with Crippen molar-refractivity contribution in [3.05, 3.63) is 39.1 Å². The van der Waals surface area contributed by atoms with Gasteiger partial charge >= 0.3 is 5.69 Å². The van der Waals surface area contributed by atoms with E-state index < -0.39 is 0 Å². The number of nitrogens with one attached hydrogen (secondary N) is 1. The third kappa shape index (κ3) is 1.99. The van der Waals surface area contributed by atoms with Crippen LogP contribution >= 0.6 is 15.9 Å². The van der Waals surface area contributed by atoms with E-state index in [4.69, 9.17) is 0 Å². The Morgan fingerprint density at radius 3 is 2.93 bits per heavy atom. The fourth-order valence-electron chi connectivity index (χ4n) is 1.28. The van der Waals surface area contributed by atoms with Gasteiger partial charge in [0.15, 0.2) is 5.82 Å². The molecule has 0 unspecified atom stereocenters. The van der Waals surface area contributed by atoms with Crippen LogP contribution < -0.4 is 5.69 Å². The van der Waals surface area contributed by atoms with Crippen LogP contribution in [-0.4, -0.2) is 19.7 Å². The van der Waals surface area contributed by atoms with E-state index in [1.165, 1.54) is 0 Å². The minimum atomic E-state index is -0.350. The summed E-state index contributed by atoms with van der Waals surface area (Å²) in [6.07, 6.45) is 2.35. The molecule has 2 rings (SSSR count). The molecule has 78 valence electrons. The lowest BCUT2D eigenvalue weighted by molar-refractivity contribution is 0.774. The standard InChI is InChI=1S/C9H9BrN4O/c1-2-7-12-9(15)13-14(7)8-4-3-6(10)5-11-8/h3-5H,2H2,1H3,(H,13,15). The summed E-state index contributed by atoms with van der Waals surface area (Å²) in [6.45, 7) is 1.94. The zero-order valence-electron chi connectivity index (χ0n) is 8.07. The van der Waals surface area contributed by atoms with E-state index in [2.05, 4.69) is 31.0 Å². The third-order valence-corrected chi connectivity index (χ3v) is 2.42. The predicted molar refractivity (Wildman–Crippen MR) is 59.1 cm³/mol. The first kappa shape index (κ1) is 10.1. The SMILES string of the molecule is CCc1nc(=O)[nH]n1-c1ccc(Br)cn1. The van der Waals surface area contributed by atoms with Crippen molar-refractivity contribution in [3.8, 4) is 5.82 Å². The molecule has 0 aromatic carbocycles. The molecule has 0 aliphatic heterocycles. The molecule has 0 saturated heterocycles. The normalized spacial score (nSPS) is 10.5. The maximum atomic E-state index is 11.1. The van der Waals surface area contributed by atoms with Crippen molar-refractivity contribution in [3.63, 3.8) is 0 Å². The van der Waals surface area contributed by atoms with Crippen LogP contribution in [0.2, 0.25) is 0 Å². The van der Waals surface area contributed by atoms with Crippen molar-refractivity contribution in [1.29, 1.82) is 0 Å². The van der Waals surface area contributed by atoms with Gasteiger partial charge < -0.3 is 0 Å². The van der Waals surface area contributed by atoms with Gasteiger partial charge in [0.1, 0.15) is 5.82 Å². The van der Waals surface area contributed by atoms with E-state index in [0.29, 0.717) is 18.1 Å². The van der Waals surface area contributed by atoms with Gasteiger partial charge in [0, 0.05) is 17.1 Å². The van der Waals surface area contributed by atoms with Gasteiger partial charge in [0.05, 0.1) is 0 Å². The largest absolute Gasteiger partial charge is 0.361 e. The number of pyridine rings is 1. The van der Waals surface area contributed by atoms with Crippen LogP contribution in [-0.2, 0) is 6.42 Å². The van der Waals surface area contributed by atoms with E-state index in [-0.39, 0.29) is 5.69 Å². The second kappa shape index (κ2) is 3.98. The molecule has 2 aromatic heterocycles. The van der Waals surface area contributed by atoms with Crippen molar-refractivity contribution in [1.82, 2.24) is 19.7 Å². The average molecular weight is 269 g/mol. The van der Waals surface area contributed by atoms with Gasteiger partial charge in [-0.25, -0.2) is 19.6 Å². The van der Waals surface area contributed by atoms with Gasteiger partial charge in [-0.15, -0.1) is 0 Å². The van der Waals surface area contributed by atoms with Crippen LogP contribution in [0.25, 0.3) is 5.82 Å². The Balaban J connectivity index is 2.53. The number of aryl methyl sites for hydroxylation is 1. The molecule has 5 nitrogen and oxygen atoms in total. The Bertz CT molecular complexity index is 514. The molecule has 2 heterocycles. The summed E-state index contributed by atoms with van der Waals surface area (Å²) in [5, 5.41) is 2.60. The third-order valence-electron chi connectivity index (χ3n) is 1.95. The van der Waals surface area contributed by atoms with Gasteiger partial charge in [-0.2, -0.15) is 4.98 Å². The molecule has 2 aromatic rings. The van der Waals surface area contributed by atoms with Gasteiger partial charge in [-0.05, 0) is 28.1 Å². The maximum absolute atomic E-state index is 11.1. The smallest absolute Gasteiger partial charge is 0.244 e. The summed E-state index contributed by atoms with van der Waals surface area (Å²) < 4.78 is 2.49. The quantitative estimate of drug-likeness (QED) is 0.893. The fraction of sp³-hybridized carbons (Fsp3) is 0.222. The molecule has 0 aliphatic rings. The average Bonchev–Trinajstić information content (AvgIpc) is 2.61. The molecule has 15 heavy (non-hydrogen) atoms. The summed E-state index contributed by atoms with van der Waals surface area (Å²) in [4.78, 5) is 19.1. The molecule has 0 spiro atoms. The van der Waals surface area contributed by atoms with E-state index in [1.807, 2.05) is 13.0 Å². The molecule has 0 fully saturated rings. The van der Waals surface area contributed by atoms with Gasteiger partial charge in [-0.3, -0.25) is 0 Å². The van der Waals surface area contributed by atoms with E-state index in [9.17, 15) is 4.79 Å². The maximum Gasteiger partial charge on any atom is 0.361 e. The van der Waals surface area contributed by atoms with Crippen LogP contribution in [0.15, 0.2) is 27.6 Å². The molecule has 0 aliphatic carbocycles. The number of aromatic amines is 1. The molecule has 1 N–H and O–H groups in total. The molecule has 0 radical (unpaired) electrons.